The standard InChI is InChI=1S/C8H13N.C4H10N2/c1-4-8-5-6(2)7(3)9-8;1-2-6-4-3-5-1/h5,9H,4H2,1-3H3;5-6H,1-4H2. The SMILES string of the molecule is C1CNCCN1.CCc1cc(C)c(C)[nH]1. The molecule has 1 aromatic rings. The summed E-state index contributed by atoms with van der Waals surface area (Å²) in [5, 5.41) is 6.44. The molecule has 1 fully saturated rings. The normalized spacial score (nSPS) is 15.7. The third-order valence-corrected chi connectivity index (χ3v) is 2.67. The Morgan fingerprint density at radius 3 is 1.80 bits per heavy atom. The summed E-state index contributed by atoms with van der Waals surface area (Å²) in [6, 6.07) is 2.20. The van der Waals surface area contributed by atoms with Crippen LogP contribution in [0.5, 0.6) is 0 Å². The third-order valence-electron chi connectivity index (χ3n) is 2.67. The molecular weight excluding hydrogens is 186 g/mol. The van der Waals surface area contributed by atoms with Crippen molar-refractivity contribution in [1.82, 2.24) is 15.6 Å². The Balaban J connectivity index is 0.000000162. The lowest BCUT2D eigenvalue weighted by molar-refractivity contribution is 0.534. The Bertz CT molecular complexity index is 243. The van der Waals surface area contributed by atoms with E-state index in [9.17, 15) is 0 Å². The number of aryl methyl sites for hydroxylation is 3. The van der Waals surface area contributed by atoms with Crippen molar-refractivity contribution in [3.8, 4) is 0 Å². The molecule has 0 atom stereocenters. The molecule has 3 nitrogen and oxygen atoms in total. The number of hydrogen-bond donors (Lipinski definition) is 3. The van der Waals surface area contributed by atoms with E-state index in [2.05, 4.69) is 42.5 Å². The molecule has 2 heterocycles. The molecule has 0 amide bonds. The van der Waals surface area contributed by atoms with Gasteiger partial charge in [0.15, 0.2) is 0 Å². The van der Waals surface area contributed by atoms with Crippen LogP contribution in [-0.4, -0.2) is 31.2 Å². The second kappa shape index (κ2) is 6.64. The molecule has 0 aliphatic carbocycles. The monoisotopic (exact) mass is 209 g/mol. The zero-order valence-corrected chi connectivity index (χ0v) is 10.1. The highest BCUT2D eigenvalue weighted by molar-refractivity contribution is 5.22. The minimum atomic E-state index is 1.11. The van der Waals surface area contributed by atoms with Crippen molar-refractivity contribution in [3.63, 3.8) is 0 Å². The van der Waals surface area contributed by atoms with Gasteiger partial charge in [0.2, 0.25) is 0 Å². The zero-order valence-electron chi connectivity index (χ0n) is 10.1. The molecule has 0 radical (unpaired) electrons. The van der Waals surface area contributed by atoms with Crippen molar-refractivity contribution in [2.75, 3.05) is 26.2 Å². The lowest BCUT2D eigenvalue weighted by Gasteiger charge is -2.11. The largest absolute Gasteiger partial charge is 0.362 e. The first-order valence-electron chi connectivity index (χ1n) is 5.80. The summed E-state index contributed by atoms with van der Waals surface area (Å²) in [6.45, 7) is 10.9. The first kappa shape index (κ1) is 12.3. The molecule has 1 saturated heterocycles. The molecule has 1 aliphatic heterocycles. The van der Waals surface area contributed by atoms with Gasteiger partial charge in [-0.15, -0.1) is 0 Å². The summed E-state index contributed by atoms with van der Waals surface area (Å²) >= 11 is 0. The molecule has 15 heavy (non-hydrogen) atoms. The first-order chi connectivity index (χ1) is 7.24. The van der Waals surface area contributed by atoms with E-state index in [1.54, 1.807) is 0 Å². The summed E-state index contributed by atoms with van der Waals surface area (Å²) in [5.74, 6) is 0. The van der Waals surface area contributed by atoms with Gasteiger partial charge in [0.25, 0.3) is 0 Å². The van der Waals surface area contributed by atoms with Crippen molar-refractivity contribution in [3.05, 3.63) is 23.0 Å². The third kappa shape index (κ3) is 4.49. The van der Waals surface area contributed by atoms with Gasteiger partial charge in [0, 0.05) is 37.6 Å². The number of H-pyrrole nitrogens is 1. The van der Waals surface area contributed by atoms with Crippen molar-refractivity contribution >= 4 is 0 Å². The molecule has 0 bridgehead atoms. The van der Waals surface area contributed by atoms with E-state index in [4.69, 9.17) is 0 Å². The van der Waals surface area contributed by atoms with Gasteiger partial charge in [-0.2, -0.15) is 0 Å². The fourth-order valence-electron chi connectivity index (χ4n) is 1.54. The van der Waals surface area contributed by atoms with Crippen LogP contribution >= 0.6 is 0 Å². The Morgan fingerprint density at radius 2 is 1.60 bits per heavy atom. The molecule has 0 saturated carbocycles. The van der Waals surface area contributed by atoms with Crippen LogP contribution in [0.15, 0.2) is 6.07 Å². The topological polar surface area (TPSA) is 39.8 Å². The number of aromatic amines is 1. The first-order valence-corrected chi connectivity index (χ1v) is 5.80. The van der Waals surface area contributed by atoms with Gasteiger partial charge in [-0.05, 0) is 31.9 Å². The van der Waals surface area contributed by atoms with E-state index in [-0.39, 0.29) is 0 Å². The van der Waals surface area contributed by atoms with E-state index in [1.807, 2.05) is 0 Å². The molecular formula is C12H23N3. The van der Waals surface area contributed by atoms with Gasteiger partial charge in [-0.3, -0.25) is 0 Å². The van der Waals surface area contributed by atoms with Crippen molar-refractivity contribution in [2.24, 2.45) is 0 Å². The highest BCUT2D eigenvalue weighted by atomic mass is 15.0. The van der Waals surface area contributed by atoms with E-state index in [0.29, 0.717) is 0 Å². The number of rotatable bonds is 1. The second-order valence-electron chi connectivity index (χ2n) is 3.96. The average Bonchev–Trinajstić information content (AvgIpc) is 2.62. The molecule has 0 aromatic carbocycles. The van der Waals surface area contributed by atoms with E-state index < -0.39 is 0 Å². The summed E-state index contributed by atoms with van der Waals surface area (Å²) in [6.07, 6.45) is 1.11. The Labute approximate surface area is 92.7 Å². The Morgan fingerprint density at radius 1 is 1.07 bits per heavy atom. The summed E-state index contributed by atoms with van der Waals surface area (Å²) in [5.41, 5.74) is 4.00. The van der Waals surface area contributed by atoms with E-state index >= 15 is 0 Å². The molecule has 1 aromatic heterocycles. The van der Waals surface area contributed by atoms with Crippen LogP contribution in [0, 0.1) is 13.8 Å². The van der Waals surface area contributed by atoms with Crippen LogP contribution in [0.3, 0.4) is 0 Å². The molecule has 2 rings (SSSR count). The maximum absolute atomic E-state index is 3.29. The smallest absolute Gasteiger partial charge is 0.0149 e. The zero-order chi connectivity index (χ0) is 11.1. The molecule has 3 heteroatoms. The van der Waals surface area contributed by atoms with Crippen LogP contribution in [0.2, 0.25) is 0 Å². The number of hydrogen-bond acceptors (Lipinski definition) is 2. The fraction of sp³-hybridized carbons (Fsp3) is 0.667. The van der Waals surface area contributed by atoms with E-state index in [1.165, 1.54) is 17.0 Å². The Kier molecular flexibility index (Phi) is 5.43. The Hall–Kier alpha value is -0.800. The molecule has 0 spiro atoms. The summed E-state index contributed by atoms with van der Waals surface area (Å²) < 4.78 is 0. The van der Waals surface area contributed by atoms with Crippen molar-refractivity contribution < 1.29 is 0 Å². The van der Waals surface area contributed by atoms with Gasteiger partial charge in [0.1, 0.15) is 0 Å². The second-order valence-corrected chi connectivity index (χ2v) is 3.96. The van der Waals surface area contributed by atoms with Crippen LogP contribution in [-0.2, 0) is 6.42 Å². The van der Waals surface area contributed by atoms with Gasteiger partial charge in [-0.1, -0.05) is 6.92 Å². The van der Waals surface area contributed by atoms with E-state index in [0.717, 1.165) is 32.6 Å². The lowest BCUT2D eigenvalue weighted by Crippen LogP contribution is -2.39. The van der Waals surface area contributed by atoms with Gasteiger partial charge >= 0.3 is 0 Å². The van der Waals surface area contributed by atoms with Crippen LogP contribution in [0.1, 0.15) is 23.9 Å². The maximum atomic E-state index is 3.29. The number of piperazine rings is 1. The highest BCUT2D eigenvalue weighted by Gasteiger charge is 1.95. The van der Waals surface area contributed by atoms with Gasteiger partial charge < -0.3 is 15.6 Å². The van der Waals surface area contributed by atoms with Crippen molar-refractivity contribution in [2.45, 2.75) is 27.2 Å². The number of nitrogens with one attached hydrogen (secondary N) is 3. The quantitative estimate of drug-likeness (QED) is 0.654. The fourth-order valence-corrected chi connectivity index (χ4v) is 1.54. The summed E-state index contributed by atoms with van der Waals surface area (Å²) in [4.78, 5) is 3.29. The minimum absolute atomic E-state index is 1.11. The van der Waals surface area contributed by atoms with Gasteiger partial charge in [-0.25, -0.2) is 0 Å². The predicted octanol–water partition coefficient (Wildman–Crippen LogP) is 1.37. The molecule has 86 valence electrons. The van der Waals surface area contributed by atoms with Crippen molar-refractivity contribution in [1.29, 1.82) is 0 Å². The number of aromatic nitrogens is 1. The van der Waals surface area contributed by atoms with Crippen LogP contribution < -0.4 is 10.6 Å². The summed E-state index contributed by atoms with van der Waals surface area (Å²) in [7, 11) is 0. The predicted molar refractivity (Wildman–Crippen MR) is 65.4 cm³/mol. The van der Waals surface area contributed by atoms with Crippen LogP contribution in [0.25, 0.3) is 0 Å². The minimum Gasteiger partial charge on any atom is -0.362 e. The molecule has 0 unspecified atom stereocenters. The van der Waals surface area contributed by atoms with Crippen LogP contribution in [0.4, 0.5) is 0 Å². The lowest BCUT2D eigenvalue weighted by atomic mass is 10.2. The maximum Gasteiger partial charge on any atom is 0.0149 e. The van der Waals surface area contributed by atoms with Gasteiger partial charge in [0.05, 0.1) is 0 Å². The highest BCUT2D eigenvalue weighted by Crippen LogP contribution is 2.07. The molecule has 1 aliphatic rings. The molecule has 3 N–H and O–H groups in total. The average molecular weight is 209 g/mol.